The highest BCUT2D eigenvalue weighted by atomic mass is 35.5. The predicted octanol–water partition coefficient (Wildman–Crippen LogP) is 2.54. The number of hydrazine groups is 1. The number of carbonyl (C=O) groups excluding carboxylic acids is 2. The molecule has 0 radical (unpaired) electrons. The average Bonchev–Trinajstić information content (AvgIpc) is 3.35. The number of benzene rings is 1. The molecule has 10 heteroatoms. The second-order valence-electron chi connectivity index (χ2n) is 8.19. The van der Waals surface area contributed by atoms with Gasteiger partial charge in [-0.25, -0.2) is 10.9 Å². The molecule has 0 bridgehead atoms. The van der Waals surface area contributed by atoms with Gasteiger partial charge in [-0.15, -0.1) is 0 Å². The molecule has 2 saturated heterocycles. The third-order valence-electron chi connectivity index (χ3n) is 6.22. The molecule has 3 heterocycles. The standard InChI is InChI=1S/C23H28ClN5O4/c1-32-16-11-17(24)21(20(12-16)33-2)26-22(30)15-5-9-29(10-6-15)23(31)19-13-18(27-28-19)14-3-7-25-8-4-14/h3-4,7-8,11-12,15,18-19,27-28H,5-6,9-10,13H2,1-2H3,(H,26,30). The molecule has 2 fully saturated rings. The number of hydrogen-bond donors (Lipinski definition) is 3. The summed E-state index contributed by atoms with van der Waals surface area (Å²) in [6, 6.07) is 6.96. The smallest absolute Gasteiger partial charge is 0.241 e. The summed E-state index contributed by atoms with van der Waals surface area (Å²) in [6.45, 7) is 1.06. The highest BCUT2D eigenvalue weighted by molar-refractivity contribution is 6.34. The molecule has 1 aromatic heterocycles. The van der Waals surface area contributed by atoms with Crippen molar-refractivity contribution in [1.82, 2.24) is 20.7 Å². The maximum atomic E-state index is 13.0. The Bertz CT molecular complexity index is 998. The molecule has 0 aliphatic carbocycles. The third-order valence-corrected chi connectivity index (χ3v) is 6.52. The van der Waals surface area contributed by atoms with Crippen LogP contribution in [0.15, 0.2) is 36.7 Å². The number of piperidine rings is 1. The molecule has 2 aliphatic heterocycles. The molecular formula is C23H28ClN5O4. The summed E-state index contributed by atoms with van der Waals surface area (Å²) < 4.78 is 10.5. The number of rotatable bonds is 6. The lowest BCUT2D eigenvalue weighted by molar-refractivity contribution is -0.136. The summed E-state index contributed by atoms with van der Waals surface area (Å²) in [5.41, 5.74) is 7.83. The first-order chi connectivity index (χ1) is 16.0. The second-order valence-corrected chi connectivity index (χ2v) is 8.59. The van der Waals surface area contributed by atoms with Crippen molar-refractivity contribution in [2.24, 2.45) is 5.92 Å². The topological polar surface area (TPSA) is 105 Å². The SMILES string of the molecule is COc1cc(Cl)c(NC(=O)C2CCN(C(=O)C3CC(c4ccncc4)NN3)CC2)c(OC)c1. The lowest BCUT2D eigenvalue weighted by atomic mass is 9.94. The Balaban J connectivity index is 1.31. The number of ether oxygens (including phenoxy) is 2. The van der Waals surface area contributed by atoms with E-state index in [1.807, 2.05) is 17.0 Å². The Labute approximate surface area is 197 Å². The van der Waals surface area contributed by atoms with Crippen LogP contribution in [0.1, 0.15) is 30.9 Å². The van der Waals surface area contributed by atoms with E-state index in [1.54, 1.807) is 24.5 Å². The molecule has 2 aliphatic rings. The van der Waals surface area contributed by atoms with Gasteiger partial charge in [0.05, 0.1) is 19.2 Å². The maximum absolute atomic E-state index is 13.0. The fraction of sp³-hybridized carbons (Fsp3) is 0.435. The monoisotopic (exact) mass is 473 g/mol. The van der Waals surface area contributed by atoms with Crippen molar-refractivity contribution in [2.75, 3.05) is 32.6 Å². The predicted molar refractivity (Wildman–Crippen MR) is 124 cm³/mol. The van der Waals surface area contributed by atoms with Gasteiger partial charge < -0.3 is 19.7 Å². The Morgan fingerprint density at radius 3 is 2.52 bits per heavy atom. The normalized spacial score (nSPS) is 21.0. The van der Waals surface area contributed by atoms with Gasteiger partial charge in [0, 0.05) is 49.6 Å². The van der Waals surface area contributed by atoms with Crippen molar-refractivity contribution in [3.05, 3.63) is 47.2 Å². The second kappa shape index (κ2) is 10.4. The molecule has 2 unspecified atom stereocenters. The Morgan fingerprint density at radius 2 is 1.85 bits per heavy atom. The first kappa shape index (κ1) is 23.3. The molecule has 176 valence electrons. The zero-order valence-corrected chi connectivity index (χ0v) is 19.4. The summed E-state index contributed by atoms with van der Waals surface area (Å²) in [4.78, 5) is 31.8. The lowest BCUT2D eigenvalue weighted by Crippen LogP contribution is -2.49. The zero-order chi connectivity index (χ0) is 23.4. The summed E-state index contributed by atoms with van der Waals surface area (Å²) >= 11 is 6.32. The fourth-order valence-corrected chi connectivity index (χ4v) is 4.55. The number of hydrogen-bond acceptors (Lipinski definition) is 7. The quantitative estimate of drug-likeness (QED) is 0.592. The first-order valence-corrected chi connectivity index (χ1v) is 11.3. The number of pyridine rings is 1. The number of likely N-dealkylation sites (tertiary alicyclic amines) is 1. The van der Waals surface area contributed by atoms with E-state index in [1.165, 1.54) is 14.2 Å². The van der Waals surface area contributed by atoms with Crippen LogP contribution in [0.2, 0.25) is 5.02 Å². The largest absolute Gasteiger partial charge is 0.497 e. The van der Waals surface area contributed by atoms with Gasteiger partial charge >= 0.3 is 0 Å². The van der Waals surface area contributed by atoms with E-state index < -0.39 is 0 Å². The molecule has 1 aromatic carbocycles. The molecule has 2 atom stereocenters. The Morgan fingerprint density at radius 1 is 1.12 bits per heavy atom. The minimum absolute atomic E-state index is 0.0535. The Hall–Kier alpha value is -2.88. The minimum Gasteiger partial charge on any atom is -0.497 e. The summed E-state index contributed by atoms with van der Waals surface area (Å²) in [5.74, 6) is 0.687. The van der Waals surface area contributed by atoms with Crippen molar-refractivity contribution < 1.29 is 19.1 Å². The van der Waals surface area contributed by atoms with Gasteiger partial charge in [-0.3, -0.25) is 14.6 Å². The van der Waals surface area contributed by atoms with Crippen molar-refractivity contribution in [3.8, 4) is 11.5 Å². The summed E-state index contributed by atoms with van der Waals surface area (Å²) in [7, 11) is 3.05. The van der Waals surface area contributed by atoms with Crippen LogP contribution in [0.25, 0.3) is 0 Å². The zero-order valence-electron chi connectivity index (χ0n) is 18.6. The van der Waals surface area contributed by atoms with Crippen LogP contribution < -0.4 is 25.6 Å². The van der Waals surface area contributed by atoms with Gasteiger partial charge in [0.25, 0.3) is 0 Å². The molecule has 2 aromatic rings. The van der Waals surface area contributed by atoms with E-state index in [4.69, 9.17) is 21.1 Å². The van der Waals surface area contributed by atoms with Gasteiger partial charge in [-0.1, -0.05) is 11.6 Å². The molecule has 33 heavy (non-hydrogen) atoms. The number of anilines is 1. The number of aromatic nitrogens is 1. The minimum atomic E-state index is -0.295. The van der Waals surface area contributed by atoms with E-state index in [9.17, 15) is 9.59 Å². The Kier molecular flexibility index (Phi) is 7.32. The van der Waals surface area contributed by atoms with Crippen LogP contribution in [-0.2, 0) is 9.59 Å². The van der Waals surface area contributed by atoms with Crippen molar-refractivity contribution in [2.45, 2.75) is 31.3 Å². The van der Waals surface area contributed by atoms with Crippen LogP contribution in [0.3, 0.4) is 0 Å². The van der Waals surface area contributed by atoms with Crippen LogP contribution in [0.4, 0.5) is 5.69 Å². The van der Waals surface area contributed by atoms with Gasteiger partial charge in [0.15, 0.2) is 0 Å². The van der Waals surface area contributed by atoms with Crippen LogP contribution in [0.5, 0.6) is 11.5 Å². The van der Waals surface area contributed by atoms with Crippen LogP contribution in [0, 0.1) is 5.92 Å². The van der Waals surface area contributed by atoms with Gasteiger partial charge in [0.1, 0.15) is 23.2 Å². The van der Waals surface area contributed by atoms with E-state index in [-0.39, 0.29) is 29.8 Å². The molecule has 0 spiro atoms. The number of nitrogens with zero attached hydrogens (tertiary/aromatic N) is 2. The van der Waals surface area contributed by atoms with Gasteiger partial charge in [0.2, 0.25) is 11.8 Å². The van der Waals surface area contributed by atoms with E-state index >= 15 is 0 Å². The van der Waals surface area contributed by atoms with Crippen LogP contribution in [-0.4, -0.2) is 55.0 Å². The molecule has 3 N–H and O–H groups in total. The lowest BCUT2D eigenvalue weighted by Gasteiger charge is -2.33. The van der Waals surface area contributed by atoms with Crippen molar-refractivity contribution >= 4 is 29.1 Å². The molecule has 4 rings (SSSR count). The van der Waals surface area contributed by atoms with E-state index in [0.29, 0.717) is 54.6 Å². The first-order valence-electron chi connectivity index (χ1n) is 10.9. The van der Waals surface area contributed by atoms with Crippen molar-refractivity contribution in [1.29, 1.82) is 0 Å². The van der Waals surface area contributed by atoms with Gasteiger partial charge in [-0.2, -0.15) is 0 Å². The number of halogens is 1. The van der Waals surface area contributed by atoms with E-state index in [0.717, 1.165) is 5.56 Å². The third kappa shape index (κ3) is 5.21. The summed E-state index contributed by atoms with van der Waals surface area (Å²) in [5, 5.41) is 3.23. The number of nitrogens with one attached hydrogen (secondary N) is 3. The molecule has 2 amide bonds. The van der Waals surface area contributed by atoms with E-state index in [2.05, 4.69) is 21.2 Å². The fourth-order valence-electron chi connectivity index (χ4n) is 4.30. The van der Waals surface area contributed by atoms with Gasteiger partial charge in [-0.05, 0) is 37.0 Å². The highest BCUT2D eigenvalue weighted by Crippen LogP contribution is 2.37. The average molecular weight is 474 g/mol. The molecular weight excluding hydrogens is 446 g/mol. The number of carbonyl (C=O) groups is 2. The van der Waals surface area contributed by atoms with Crippen molar-refractivity contribution in [3.63, 3.8) is 0 Å². The highest BCUT2D eigenvalue weighted by Gasteiger charge is 2.35. The molecule has 9 nitrogen and oxygen atoms in total. The summed E-state index contributed by atoms with van der Waals surface area (Å²) in [6.07, 6.45) is 5.33. The number of amides is 2. The maximum Gasteiger partial charge on any atom is 0.241 e. The molecule has 0 saturated carbocycles. The van der Waals surface area contributed by atoms with Crippen LogP contribution >= 0.6 is 11.6 Å². The number of methoxy groups -OCH3 is 2.